The van der Waals surface area contributed by atoms with E-state index in [1.54, 1.807) is 44.2 Å². The van der Waals surface area contributed by atoms with E-state index in [1.807, 2.05) is 24.3 Å². The van der Waals surface area contributed by atoms with Gasteiger partial charge in [-0.3, -0.25) is 9.79 Å². The molecule has 0 saturated heterocycles. The van der Waals surface area contributed by atoms with E-state index in [1.165, 1.54) is 0 Å². The number of guanidine groups is 1. The number of rotatable bonds is 8. The normalized spacial score (nSPS) is 10.8. The molecule has 0 heterocycles. The molecule has 2 rings (SSSR count). The number of hydrogen-bond donors (Lipinski definition) is 2. The Kier molecular flexibility index (Phi) is 11.9. The molecule has 0 unspecified atom stereocenters. The summed E-state index contributed by atoms with van der Waals surface area (Å²) in [6, 6.07) is 12.7. The second-order valence-electron chi connectivity index (χ2n) is 6.53. The van der Waals surface area contributed by atoms with Crippen molar-refractivity contribution in [1.82, 2.24) is 15.5 Å². The molecule has 2 aromatic rings. The van der Waals surface area contributed by atoms with Crippen molar-refractivity contribution in [2.45, 2.75) is 13.0 Å². The summed E-state index contributed by atoms with van der Waals surface area (Å²) in [4.78, 5) is 17.7. The first-order chi connectivity index (χ1) is 13.9. The molecule has 0 aromatic heterocycles. The maximum Gasteiger partial charge on any atom is 0.253 e. The largest absolute Gasteiger partial charge is 0.492 e. The average molecular weight is 565 g/mol. The lowest BCUT2D eigenvalue weighted by molar-refractivity contribution is 0.0827. The van der Waals surface area contributed by atoms with Gasteiger partial charge in [-0.05, 0) is 42.3 Å². The van der Waals surface area contributed by atoms with Crippen LogP contribution in [0.25, 0.3) is 0 Å². The highest BCUT2D eigenvalue weighted by molar-refractivity contribution is 14.0. The topological polar surface area (TPSA) is 66.0 Å². The van der Waals surface area contributed by atoms with Gasteiger partial charge in [0.25, 0.3) is 5.91 Å². The van der Waals surface area contributed by atoms with Crippen LogP contribution < -0.4 is 15.4 Å². The summed E-state index contributed by atoms with van der Waals surface area (Å²) in [5, 5.41) is 7.57. The quantitative estimate of drug-likeness (QED) is 0.215. The third-order valence-electron chi connectivity index (χ3n) is 4.06. The van der Waals surface area contributed by atoms with E-state index >= 15 is 0 Å². The molecule has 0 aliphatic rings. The highest BCUT2D eigenvalue weighted by atomic mass is 127. The second-order valence-corrected chi connectivity index (χ2v) is 7.37. The van der Waals surface area contributed by atoms with Crippen LogP contribution in [0.5, 0.6) is 5.75 Å². The van der Waals surface area contributed by atoms with Crippen molar-refractivity contribution >= 4 is 59.0 Å². The van der Waals surface area contributed by atoms with E-state index in [2.05, 4.69) is 15.6 Å². The monoisotopic (exact) mass is 564 g/mol. The molecule has 0 radical (unpaired) electrons. The predicted octanol–water partition coefficient (Wildman–Crippen LogP) is 4.45. The maximum absolute atomic E-state index is 11.9. The van der Waals surface area contributed by atoms with Crippen molar-refractivity contribution in [3.63, 3.8) is 0 Å². The lowest BCUT2D eigenvalue weighted by atomic mass is 10.1. The van der Waals surface area contributed by atoms with Crippen LogP contribution in [-0.2, 0) is 6.54 Å². The Bertz CT molecular complexity index is 845. The molecule has 0 atom stereocenters. The molecule has 164 valence electrons. The van der Waals surface area contributed by atoms with Gasteiger partial charge in [0.15, 0.2) is 5.96 Å². The Morgan fingerprint density at radius 2 is 1.80 bits per heavy atom. The molecule has 0 bridgehead atoms. The maximum atomic E-state index is 11.9. The fraction of sp³-hybridized carbons (Fsp3) is 0.333. The van der Waals surface area contributed by atoms with Gasteiger partial charge in [-0.15, -0.1) is 24.0 Å². The van der Waals surface area contributed by atoms with Gasteiger partial charge < -0.3 is 20.3 Å². The molecule has 2 N–H and O–H groups in total. The number of ether oxygens (including phenoxy) is 1. The first-order valence-electron chi connectivity index (χ1n) is 9.23. The molecular formula is C21H27Cl2IN4O2. The van der Waals surface area contributed by atoms with Crippen LogP contribution in [0.4, 0.5) is 0 Å². The molecule has 2 aromatic carbocycles. The van der Waals surface area contributed by atoms with Crippen LogP contribution >= 0.6 is 47.2 Å². The fourth-order valence-electron chi connectivity index (χ4n) is 2.48. The minimum absolute atomic E-state index is 0. The van der Waals surface area contributed by atoms with Crippen molar-refractivity contribution in [3.8, 4) is 5.75 Å². The minimum atomic E-state index is -0.0101. The van der Waals surface area contributed by atoms with Gasteiger partial charge in [0.1, 0.15) is 5.75 Å². The number of carbonyl (C=O) groups is 1. The van der Waals surface area contributed by atoms with Crippen LogP contribution in [0, 0.1) is 0 Å². The number of halogens is 3. The van der Waals surface area contributed by atoms with Gasteiger partial charge in [0, 0.05) is 44.8 Å². The first-order valence-corrected chi connectivity index (χ1v) is 9.99. The van der Waals surface area contributed by atoms with E-state index in [0.29, 0.717) is 47.0 Å². The third kappa shape index (κ3) is 8.57. The zero-order chi connectivity index (χ0) is 21.2. The molecule has 0 aliphatic carbocycles. The Balaban J connectivity index is 0.00000450. The van der Waals surface area contributed by atoms with E-state index in [4.69, 9.17) is 27.9 Å². The van der Waals surface area contributed by atoms with Gasteiger partial charge in [0.05, 0.1) is 11.6 Å². The van der Waals surface area contributed by atoms with E-state index in [9.17, 15) is 4.79 Å². The summed E-state index contributed by atoms with van der Waals surface area (Å²) in [7, 11) is 5.20. The van der Waals surface area contributed by atoms with Crippen molar-refractivity contribution in [3.05, 3.63) is 63.6 Å². The number of aliphatic imine (C=N–C) groups is 1. The second kappa shape index (κ2) is 13.6. The van der Waals surface area contributed by atoms with E-state index in [-0.39, 0.29) is 29.9 Å². The standard InChI is InChI=1S/C21H26Cl2N4O2.HI/c1-24-21(25-11-4-12-29-19-10-9-17(22)13-18(19)23)26-14-15-5-7-16(8-6-15)20(28)27(2)3;/h5-10,13H,4,11-12,14H2,1-3H3,(H2,24,25,26);1H. The highest BCUT2D eigenvalue weighted by Gasteiger charge is 2.07. The molecule has 0 aliphatic heterocycles. The van der Waals surface area contributed by atoms with Gasteiger partial charge in [-0.1, -0.05) is 35.3 Å². The van der Waals surface area contributed by atoms with E-state index in [0.717, 1.165) is 12.0 Å². The van der Waals surface area contributed by atoms with Crippen LogP contribution in [0.3, 0.4) is 0 Å². The average Bonchev–Trinajstić information content (AvgIpc) is 2.71. The van der Waals surface area contributed by atoms with Crippen LogP contribution in [-0.4, -0.2) is 51.1 Å². The number of nitrogens with one attached hydrogen (secondary N) is 2. The van der Waals surface area contributed by atoms with E-state index < -0.39 is 0 Å². The Morgan fingerprint density at radius 1 is 1.10 bits per heavy atom. The summed E-state index contributed by atoms with van der Waals surface area (Å²) >= 11 is 12.0. The van der Waals surface area contributed by atoms with Crippen LogP contribution in [0.15, 0.2) is 47.5 Å². The predicted molar refractivity (Wildman–Crippen MR) is 135 cm³/mol. The smallest absolute Gasteiger partial charge is 0.253 e. The lowest BCUT2D eigenvalue weighted by Crippen LogP contribution is -2.37. The van der Waals surface area contributed by atoms with Crippen molar-refractivity contribution in [2.24, 2.45) is 4.99 Å². The van der Waals surface area contributed by atoms with Gasteiger partial charge in [-0.25, -0.2) is 0 Å². The summed E-state index contributed by atoms with van der Waals surface area (Å²) in [5.74, 6) is 1.31. The lowest BCUT2D eigenvalue weighted by Gasteiger charge is -2.13. The minimum Gasteiger partial charge on any atom is -0.492 e. The molecule has 0 spiro atoms. The summed E-state index contributed by atoms with van der Waals surface area (Å²) in [6.07, 6.45) is 0.779. The van der Waals surface area contributed by atoms with Crippen LogP contribution in [0.2, 0.25) is 10.0 Å². The number of nitrogens with zero attached hydrogens (tertiary/aromatic N) is 2. The number of hydrogen-bond acceptors (Lipinski definition) is 3. The van der Waals surface area contributed by atoms with Gasteiger partial charge in [0.2, 0.25) is 0 Å². The Labute approximate surface area is 205 Å². The van der Waals surface area contributed by atoms with Crippen molar-refractivity contribution < 1.29 is 9.53 Å². The highest BCUT2D eigenvalue weighted by Crippen LogP contribution is 2.27. The number of benzene rings is 2. The van der Waals surface area contributed by atoms with Crippen molar-refractivity contribution in [1.29, 1.82) is 0 Å². The van der Waals surface area contributed by atoms with Gasteiger partial charge >= 0.3 is 0 Å². The third-order valence-corrected chi connectivity index (χ3v) is 4.59. The molecule has 6 nitrogen and oxygen atoms in total. The molecule has 0 fully saturated rings. The Morgan fingerprint density at radius 3 is 2.40 bits per heavy atom. The zero-order valence-electron chi connectivity index (χ0n) is 17.2. The molecule has 1 amide bonds. The molecule has 30 heavy (non-hydrogen) atoms. The zero-order valence-corrected chi connectivity index (χ0v) is 21.1. The van der Waals surface area contributed by atoms with Gasteiger partial charge in [-0.2, -0.15) is 0 Å². The van der Waals surface area contributed by atoms with Crippen molar-refractivity contribution in [2.75, 3.05) is 34.3 Å². The van der Waals surface area contributed by atoms with Crippen LogP contribution in [0.1, 0.15) is 22.3 Å². The fourth-order valence-corrected chi connectivity index (χ4v) is 2.95. The molecule has 0 saturated carbocycles. The molecular weight excluding hydrogens is 538 g/mol. The summed E-state index contributed by atoms with van der Waals surface area (Å²) in [6.45, 7) is 1.82. The summed E-state index contributed by atoms with van der Waals surface area (Å²) < 4.78 is 5.66. The Hall–Kier alpha value is -1.71. The number of amides is 1. The molecule has 9 heteroatoms. The first kappa shape index (κ1) is 26.3. The number of carbonyl (C=O) groups excluding carboxylic acids is 1. The SMILES string of the molecule is CN=C(NCCCOc1ccc(Cl)cc1Cl)NCc1ccc(C(=O)N(C)C)cc1.I. The summed E-state index contributed by atoms with van der Waals surface area (Å²) in [5.41, 5.74) is 1.73.